The average molecular weight is 390 g/mol. The molecule has 0 spiro atoms. The summed E-state index contributed by atoms with van der Waals surface area (Å²) in [6.45, 7) is 3.05. The van der Waals surface area contributed by atoms with Crippen molar-refractivity contribution in [1.82, 2.24) is 4.90 Å². The fourth-order valence-electron chi connectivity index (χ4n) is 3.52. The zero-order chi connectivity index (χ0) is 20.1. The number of nitrogens with zero attached hydrogens (tertiary/aromatic N) is 2. The highest BCUT2D eigenvalue weighted by molar-refractivity contribution is 5.95. The molecule has 0 atom stereocenters. The molecule has 4 nitrogen and oxygen atoms in total. The van der Waals surface area contributed by atoms with Gasteiger partial charge in [0.2, 0.25) is 0 Å². The van der Waals surface area contributed by atoms with Gasteiger partial charge in [0.15, 0.2) is 0 Å². The third kappa shape index (κ3) is 4.57. The van der Waals surface area contributed by atoms with E-state index in [-0.39, 0.29) is 11.7 Å². The van der Waals surface area contributed by atoms with Crippen molar-refractivity contribution < 1.29 is 13.9 Å². The molecule has 1 heterocycles. The number of halogens is 1. The predicted molar refractivity (Wildman–Crippen MR) is 112 cm³/mol. The Balaban J connectivity index is 1.40. The highest BCUT2D eigenvalue weighted by Crippen LogP contribution is 2.20. The Morgan fingerprint density at radius 1 is 0.828 bits per heavy atom. The van der Waals surface area contributed by atoms with E-state index < -0.39 is 0 Å². The first-order valence-electron chi connectivity index (χ1n) is 9.76. The number of carbonyl (C=O) groups excluding carboxylic acids is 1. The Morgan fingerprint density at radius 3 is 2.21 bits per heavy atom. The molecule has 0 unspecified atom stereocenters. The quantitative estimate of drug-likeness (QED) is 0.649. The van der Waals surface area contributed by atoms with E-state index >= 15 is 0 Å². The molecule has 1 aliphatic rings. The zero-order valence-corrected chi connectivity index (χ0v) is 16.1. The fourth-order valence-corrected chi connectivity index (χ4v) is 3.52. The number of amides is 1. The summed E-state index contributed by atoms with van der Waals surface area (Å²) in [5, 5.41) is 0. The van der Waals surface area contributed by atoms with Gasteiger partial charge in [0.05, 0.1) is 0 Å². The Bertz CT molecular complexity index is 952. The molecule has 3 aromatic carbocycles. The first-order chi connectivity index (χ1) is 14.2. The summed E-state index contributed by atoms with van der Waals surface area (Å²) >= 11 is 0. The first kappa shape index (κ1) is 19.0. The Kier molecular flexibility index (Phi) is 5.75. The third-order valence-electron chi connectivity index (χ3n) is 5.14. The highest BCUT2D eigenvalue weighted by Gasteiger charge is 2.24. The van der Waals surface area contributed by atoms with Crippen molar-refractivity contribution in [3.63, 3.8) is 0 Å². The van der Waals surface area contributed by atoms with Gasteiger partial charge < -0.3 is 14.5 Å². The van der Waals surface area contributed by atoms with E-state index in [0.29, 0.717) is 25.3 Å². The molecule has 3 aromatic rings. The van der Waals surface area contributed by atoms with Crippen LogP contribution in [0.3, 0.4) is 0 Å². The van der Waals surface area contributed by atoms with Crippen molar-refractivity contribution in [3.8, 4) is 5.75 Å². The normalized spacial score (nSPS) is 14.0. The molecule has 0 aliphatic carbocycles. The molecular weight excluding hydrogens is 367 g/mol. The highest BCUT2D eigenvalue weighted by atomic mass is 19.1. The van der Waals surface area contributed by atoms with E-state index in [4.69, 9.17) is 4.74 Å². The van der Waals surface area contributed by atoms with Crippen LogP contribution in [-0.4, -0.2) is 37.0 Å². The van der Waals surface area contributed by atoms with Crippen molar-refractivity contribution in [1.29, 1.82) is 0 Å². The number of ether oxygens (including phenoxy) is 1. The molecule has 0 aromatic heterocycles. The fraction of sp³-hybridized carbons (Fsp3) is 0.208. The van der Waals surface area contributed by atoms with Crippen LogP contribution in [-0.2, 0) is 6.61 Å². The van der Waals surface area contributed by atoms with Crippen molar-refractivity contribution in [2.45, 2.75) is 6.61 Å². The summed E-state index contributed by atoms with van der Waals surface area (Å²) in [6, 6.07) is 23.7. The molecule has 0 bridgehead atoms. The second kappa shape index (κ2) is 8.78. The van der Waals surface area contributed by atoms with E-state index in [1.54, 1.807) is 12.1 Å². The number of para-hydroxylation sites is 1. The smallest absolute Gasteiger partial charge is 0.254 e. The van der Waals surface area contributed by atoms with Crippen LogP contribution in [0.15, 0.2) is 78.9 Å². The molecule has 1 aliphatic heterocycles. The van der Waals surface area contributed by atoms with E-state index in [2.05, 4.69) is 4.90 Å². The van der Waals surface area contributed by atoms with Crippen LogP contribution < -0.4 is 9.64 Å². The van der Waals surface area contributed by atoms with E-state index in [9.17, 15) is 9.18 Å². The van der Waals surface area contributed by atoms with Gasteiger partial charge in [-0.25, -0.2) is 4.39 Å². The Morgan fingerprint density at radius 2 is 1.48 bits per heavy atom. The van der Waals surface area contributed by atoms with E-state index in [1.165, 1.54) is 12.1 Å². The molecule has 5 heteroatoms. The van der Waals surface area contributed by atoms with Crippen LogP contribution in [0.25, 0.3) is 0 Å². The largest absolute Gasteiger partial charge is 0.489 e. The van der Waals surface area contributed by atoms with Crippen LogP contribution in [0, 0.1) is 5.82 Å². The van der Waals surface area contributed by atoms with Crippen LogP contribution in [0.4, 0.5) is 10.1 Å². The van der Waals surface area contributed by atoms with Crippen LogP contribution in [0.1, 0.15) is 15.9 Å². The minimum absolute atomic E-state index is 0.0241. The summed E-state index contributed by atoms with van der Waals surface area (Å²) in [6.07, 6.45) is 0. The molecule has 0 radical (unpaired) electrons. The molecule has 29 heavy (non-hydrogen) atoms. The second-order valence-electron chi connectivity index (χ2n) is 7.01. The Hall–Kier alpha value is -3.34. The lowest BCUT2D eigenvalue weighted by molar-refractivity contribution is 0.0744. The molecule has 1 fully saturated rings. The van der Waals surface area contributed by atoms with E-state index in [1.807, 2.05) is 59.5 Å². The van der Waals surface area contributed by atoms with Crippen molar-refractivity contribution in [2.75, 3.05) is 31.1 Å². The van der Waals surface area contributed by atoms with Crippen molar-refractivity contribution in [3.05, 3.63) is 95.8 Å². The summed E-state index contributed by atoms with van der Waals surface area (Å²) in [4.78, 5) is 17.2. The standard InChI is InChI=1S/C24H23FN2O2/c25-20-10-12-21(13-11-20)26-14-16-27(17-15-26)24(28)23-9-5-4-6-19(23)18-29-22-7-2-1-3-8-22/h1-13H,14-18H2. The second-order valence-corrected chi connectivity index (χ2v) is 7.01. The van der Waals surface area contributed by atoms with Gasteiger partial charge in [-0.3, -0.25) is 4.79 Å². The van der Waals surface area contributed by atoms with Gasteiger partial charge in [-0.15, -0.1) is 0 Å². The van der Waals surface area contributed by atoms with Gasteiger partial charge in [-0.1, -0.05) is 36.4 Å². The minimum atomic E-state index is -0.239. The van der Waals surface area contributed by atoms with E-state index in [0.717, 1.165) is 30.1 Å². The maximum absolute atomic E-state index is 13.1. The lowest BCUT2D eigenvalue weighted by atomic mass is 10.1. The van der Waals surface area contributed by atoms with Gasteiger partial charge in [0.25, 0.3) is 5.91 Å². The number of anilines is 1. The number of rotatable bonds is 5. The number of benzene rings is 3. The average Bonchev–Trinajstić information content (AvgIpc) is 2.79. The van der Waals surface area contributed by atoms with Gasteiger partial charge in [0.1, 0.15) is 18.2 Å². The van der Waals surface area contributed by atoms with Crippen LogP contribution >= 0.6 is 0 Å². The van der Waals surface area contributed by atoms with Crippen molar-refractivity contribution >= 4 is 11.6 Å². The van der Waals surface area contributed by atoms with Gasteiger partial charge >= 0.3 is 0 Å². The van der Waals surface area contributed by atoms with Crippen LogP contribution in [0.2, 0.25) is 0 Å². The summed E-state index contributed by atoms with van der Waals surface area (Å²) in [5.41, 5.74) is 2.54. The number of piperazine rings is 1. The van der Waals surface area contributed by atoms with Gasteiger partial charge in [-0.05, 0) is 42.5 Å². The number of carbonyl (C=O) groups is 1. The monoisotopic (exact) mass is 390 g/mol. The molecule has 1 saturated heterocycles. The topological polar surface area (TPSA) is 32.8 Å². The third-order valence-corrected chi connectivity index (χ3v) is 5.14. The SMILES string of the molecule is O=C(c1ccccc1COc1ccccc1)N1CCN(c2ccc(F)cc2)CC1. The molecular formula is C24H23FN2O2. The van der Waals surface area contributed by atoms with Crippen LogP contribution in [0.5, 0.6) is 5.75 Å². The summed E-state index contributed by atoms with van der Waals surface area (Å²) < 4.78 is 19.0. The van der Waals surface area contributed by atoms with Gasteiger partial charge in [-0.2, -0.15) is 0 Å². The molecule has 148 valence electrons. The zero-order valence-electron chi connectivity index (χ0n) is 16.1. The molecule has 0 N–H and O–H groups in total. The Labute approximate surface area is 170 Å². The molecule has 4 rings (SSSR count). The number of hydrogen-bond donors (Lipinski definition) is 0. The number of hydrogen-bond acceptors (Lipinski definition) is 3. The maximum atomic E-state index is 13.1. The lowest BCUT2D eigenvalue weighted by Crippen LogP contribution is -2.49. The predicted octanol–water partition coefficient (Wildman–Crippen LogP) is 4.37. The minimum Gasteiger partial charge on any atom is -0.489 e. The maximum Gasteiger partial charge on any atom is 0.254 e. The van der Waals surface area contributed by atoms with Gasteiger partial charge in [0, 0.05) is 43.0 Å². The molecule has 0 saturated carbocycles. The summed E-state index contributed by atoms with van der Waals surface area (Å²) in [5.74, 6) is 0.565. The molecule has 1 amide bonds. The summed E-state index contributed by atoms with van der Waals surface area (Å²) in [7, 11) is 0. The lowest BCUT2D eigenvalue weighted by Gasteiger charge is -2.36. The first-order valence-corrected chi connectivity index (χ1v) is 9.76. The van der Waals surface area contributed by atoms with Crippen molar-refractivity contribution in [2.24, 2.45) is 0 Å².